The molecule has 1 aromatic carbocycles. The number of ether oxygens (including phenoxy) is 1. The molecule has 0 aliphatic carbocycles. The Hall–Kier alpha value is -1.88. The van der Waals surface area contributed by atoms with Gasteiger partial charge in [-0.15, -0.1) is 0 Å². The lowest BCUT2D eigenvalue weighted by Gasteiger charge is -2.27. The topological polar surface area (TPSA) is 58.6 Å². The average molecular weight is 330 g/mol. The molecule has 2 fully saturated rings. The molecule has 5 nitrogen and oxygen atoms in total. The van der Waals surface area contributed by atoms with Gasteiger partial charge in [0.25, 0.3) is 0 Å². The zero-order valence-corrected chi connectivity index (χ0v) is 14.7. The van der Waals surface area contributed by atoms with Gasteiger partial charge in [-0.05, 0) is 51.2 Å². The number of anilines is 1. The number of amides is 2. The molecule has 130 valence electrons. The predicted octanol–water partition coefficient (Wildman–Crippen LogP) is 2.66. The smallest absolute Gasteiger partial charge is 0.244 e. The Labute approximate surface area is 143 Å². The number of fused-ring (bicyclic) bond motifs is 2. The Morgan fingerprint density at radius 1 is 1.25 bits per heavy atom. The summed E-state index contributed by atoms with van der Waals surface area (Å²) in [5.74, 6) is -0.162. The van der Waals surface area contributed by atoms with Crippen molar-refractivity contribution in [3.05, 3.63) is 29.3 Å². The maximum Gasteiger partial charge on any atom is 0.244 e. The van der Waals surface area contributed by atoms with E-state index >= 15 is 0 Å². The van der Waals surface area contributed by atoms with Crippen LogP contribution in [0.4, 0.5) is 5.69 Å². The molecule has 24 heavy (non-hydrogen) atoms. The van der Waals surface area contributed by atoms with Crippen LogP contribution in [-0.4, -0.2) is 42.0 Å². The summed E-state index contributed by atoms with van der Waals surface area (Å²) in [5, 5.41) is 2.96. The third-order valence-electron chi connectivity index (χ3n) is 5.20. The maximum absolute atomic E-state index is 12.8. The first-order chi connectivity index (χ1) is 11.5. The molecule has 0 spiro atoms. The van der Waals surface area contributed by atoms with Crippen molar-refractivity contribution >= 4 is 17.5 Å². The molecule has 5 heteroatoms. The van der Waals surface area contributed by atoms with Crippen molar-refractivity contribution in [1.82, 2.24) is 4.90 Å². The monoisotopic (exact) mass is 330 g/mol. The van der Waals surface area contributed by atoms with Gasteiger partial charge in [-0.2, -0.15) is 0 Å². The van der Waals surface area contributed by atoms with Gasteiger partial charge in [0.15, 0.2) is 0 Å². The van der Waals surface area contributed by atoms with Crippen LogP contribution in [0.2, 0.25) is 0 Å². The molecule has 2 saturated heterocycles. The Morgan fingerprint density at radius 3 is 2.50 bits per heavy atom. The minimum Gasteiger partial charge on any atom is -0.374 e. The number of likely N-dealkylation sites (N-methyl/N-ethyl adjacent to an activating group) is 1. The molecular weight excluding hydrogens is 304 g/mol. The second-order valence-electron chi connectivity index (χ2n) is 6.88. The van der Waals surface area contributed by atoms with Crippen molar-refractivity contribution in [2.75, 3.05) is 18.4 Å². The number of rotatable bonds is 5. The van der Waals surface area contributed by atoms with Crippen molar-refractivity contribution in [3.63, 3.8) is 0 Å². The van der Waals surface area contributed by atoms with Crippen molar-refractivity contribution in [2.24, 2.45) is 5.92 Å². The molecule has 0 radical (unpaired) electrons. The van der Waals surface area contributed by atoms with Gasteiger partial charge < -0.3 is 15.0 Å². The van der Waals surface area contributed by atoms with Crippen LogP contribution in [0.25, 0.3) is 0 Å². The first-order valence-electron chi connectivity index (χ1n) is 8.80. The van der Waals surface area contributed by atoms with Gasteiger partial charge >= 0.3 is 0 Å². The summed E-state index contributed by atoms with van der Waals surface area (Å²) in [5.41, 5.74) is 2.90. The van der Waals surface area contributed by atoms with Crippen LogP contribution in [0.5, 0.6) is 0 Å². The fraction of sp³-hybridized carbons (Fsp3) is 0.579. The number of hydrogen-bond donors (Lipinski definition) is 1. The number of nitrogens with zero attached hydrogens (tertiary/aromatic N) is 1. The van der Waals surface area contributed by atoms with Crippen molar-refractivity contribution < 1.29 is 14.3 Å². The van der Waals surface area contributed by atoms with E-state index in [1.807, 2.05) is 39.0 Å². The van der Waals surface area contributed by atoms with Crippen LogP contribution in [0.15, 0.2) is 18.2 Å². The predicted molar refractivity (Wildman–Crippen MR) is 92.8 cm³/mol. The van der Waals surface area contributed by atoms with Gasteiger partial charge in [0, 0.05) is 12.2 Å². The summed E-state index contributed by atoms with van der Waals surface area (Å²) >= 11 is 0. The van der Waals surface area contributed by atoms with Gasteiger partial charge in [0.1, 0.15) is 0 Å². The van der Waals surface area contributed by atoms with E-state index < -0.39 is 0 Å². The fourth-order valence-corrected chi connectivity index (χ4v) is 3.84. The SMILES string of the molecule is CCN(CC(=O)Nc1c(C)cccc1C)C(=O)[C@H]1C[C@H]2CC[C@H]1O2. The Morgan fingerprint density at radius 2 is 1.96 bits per heavy atom. The van der Waals surface area contributed by atoms with Crippen LogP contribution in [0.1, 0.15) is 37.3 Å². The third-order valence-corrected chi connectivity index (χ3v) is 5.20. The van der Waals surface area contributed by atoms with Crippen LogP contribution in [0.3, 0.4) is 0 Å². The molecule has 3 atom stereocenters. The quantitative estimate of drug-likeness (QED) is 0.903. The largest absolute Gasteiger partial charge is 0.374 e. The highest BCUT2D eigenvalue weighted by atomic mass is 16.5. The lowest BCUT2D eigenvalue weighted by atomic mass is 9.88. The van der Waals surface area contributed by atoms with Crippen LogP contribution in [-0.2, 0) is 14.3 Å². The summed E-state index contributed by atoms with van der Waals surface area (Å²) in [6.45, 7) is 6.48. The molecule has 1 N–H and O–H groups in total. The Balaban J connectivity index is 1.62. The van der Waals surface area contributed by atoms with E-state index in [-0.39, 0.29) is 36.5 Å². The summed E-state index contributed by atoms with van der Waals surface area (Å²) in [7, 11) is 0. The zero-order valence-electron chi connectivity index (χ0n) is 14.7. The first kappa shape index (κ1) is 17.0. The number of carbonyl (C=O) groups excluding carboxylic acids is 2. The van der Waals surface area contributed by atoms with Gasteiger partial charge in [0.05, 0.1) is 24.7 Å². The molecular formula is C19H26N2O3. The van der Waals surface area contributed by atoms with E-state index in [4.69, 9.17) is 4.74 Å². The van der Waals surface area contributed by atoms with Crippen LogP contribution in [0, 0.1) is 19.8 Å². The molecule has 0 saturated carbocycles. The molecule has 0 unspecified atom stereocenters. The molecule has 1 aromatic rings. The normalized spacial score (nSPS) is 24.9. The van der Waals surface area contributed by atoms with Crippen molar-refractivity contribution in [1.29, 1.82) is 0 Å². The van der Waals surface area contributed by atoms with Crippen molar-refractivity contribution in [2.45, 2.75) is 52.2 Å². The average Bonchev–Trinajstić information content (AvgIpc) is 3.18. The number of para-hydroxylation sites is 1. The van der Waals surface area contributed by atoms with E-state index in [0.29, 0.717) is 6.54 Å². The van der Waals surface area contributed by atoms with E-state index in [1.54, 1.807) is 4.90 Å². The fourth-order valence-electron chi connectivity index (χ4n) is 3.84. The minimum atomic E-state index is -0.147. The molecule has 2 bridgehead atoms. The molecule has 2 aliphatic heterocycles. The molecule has 2 heterocycles. The summed E-state index contributed by atoms with van der Waals surface area (Å²) in [6.07, 6.45) is 3.13. The first-order valence-corrected chi connectivity index (χ1v) is 8.80. The second-order valence-corrected chi connectivity index (χ2v) is 6.88. The van der Waals surface area contributed by atoms with Crippen LogP contribution < -0.4 is 5.32 Å². The standard InChI is InChI=1S/C19H26N2O3/c1-4-21(19(23)15-10-14-8-9-16(15)24-14)11-17(22)20-18-12(2)6-5-7-13(18)3/h5-7,14-16H,4,8-11H2,1-3H3,(H,20,22)/t14-,15+,16-/m1/s1. The Bertz CT molecular complexity index is 623. The van der Waals surface area contributed by atoms with Crippen molar-refractivity contribution in [3.8, 4) is 0 Å². The van der Waals surface area contributed by atoms with E-state index in [2.05, 4.69) is 5.32 Å². The minimum absolute atomic E-state index is 0.0539. The summed E-state index contributed by atoms with van der Waals surface area (Å²) in [6, 6.07) is 5.91. The molecule has 2 aliphatic rings. The highest BCUT2D eigenvalue weighted by molar-refractivity contribution is 5.96. The van der Waals surface area contributed by atoms with Gasteiger partial charge in [0.2, 0.25) is 11.8 Å². The third kappa shape index (κ3) is 3.31. The number of carbonyl (C=O) groups is 2. The maximum atomic E-state index is 12.8. The van der Waals surface area contributed by atoms with Gasteiger partial charge in [-0.1, -0.05) is 18.2 Å². The number of benzene rings is 1. The molecule has 3 rings (SSSR count). The van der Waals surface area contributed by atoms with E-state index in [0.717, 1.165) is 36.1 Å². The summed E-state index contributed by atoms with van der Waals surface area (Å²) in [4.78, 5) is 26.8. The highest BCUT2D eigenvalue weighted by Gasteiger charge is 2.45. The summed E-state index contributed by atoms with van der Waals surface area (Å²) < 4.78 is 5.78. The van der Waals surface area contributed by atoms with Gasteiger partial charge in [-0.25, -0.2) is 0 Å². The zero-order chi connectivity index (χ0) is 17.3. The Kier molecular flexibility index (Phi) is 4.90. The highest BCUT2D eigenvalue weighted by Crippen LogP contribution is 2.39. The lowest BCUT2D eigenvalue weighted by molar-refractivity contribution is -0.139. The second kappa shape index (κ2) is 6.93. The number of aryl methyl sites for hydroxylation is 2. The van der Waals surface area contributed by atoms with Crippen LogP contribution >= 0.6 is 0 Å². The number of nitrogens with one attached hydrogen (secondary N) is 1. The van der Waals surface area contributed by atoms with E-state index in [9.17, 15) is 9.59 Å². The van der Waals surface area contributed by atoms with E-state index in [1.165, 1.54) is 0 Å². The van der Waals surface area contributed by atoms with Gasteiger partial charge in [-0.3, -0.25) is 9.59 Å². The molecule has 0 aromatic heterocycles. The number of hydrogen-bond acceptors (Lipinski definition) is 3. The molecule has 2 amide bonds. The lowest BCUT2D eigenvalue weighted by Crippen LogP contribution is -2.43.